The molecule has 4 heteroatoms. The molecule has 0 aliphatic heterocycles. The molecule has 2 N–H and O–H groups in total. The smallest absolute Gasteiger partial charge is 0.311 e. The SMILES string of the molecule is C=CCC(=O)NC1CCCCC1(C)C(=O)O. The second kappa shape index (κ2) is 5.14. The maximum Gasteiger partial charge on any atom is 0.311 e. The number of hydrogen-bond acceptors (Lipinski definition) is 2. The molecule has 1 aliphatic rings. The number of carboxylic acids is 1. The molecule has 2 atom stereocenters. The molecule has 1 aliphatic carbocycles. The lowest BCUT2D eigenvalue weighted by Crippen LogP contribution is -2.52. The van der Waals surface area contributed by atoms with E-state index in [9.17, 15) is 14.7 Å². The summed E-state index contributed by atoms with van der Waals surface area (Å²) in [6.45, 7) is 5.20. The highest BCUT2D eigenvalue weighted by molar-refractivity contribution is 5.80. The minimum atomic E-state index is -0.824. The second-order valence-electron chi connectivity index (χ2n) is 4.58. The lowest BCUT2D eigenvalue weighted by atomic mass is 9.71. The van der Waals surface area contributed by atoms with E-state index >= 15 is 0 Å². The van der Waals surface area contributed by atoms with Crippen LogP contribution in [-0.2, 0) is 9.59 Å². The molecule has 4 nitrogen and oxygen atoms in total. The van der Waals surface area contributed by atoms with Gasteiger partial charge >= 0.3 is 5.97 Å². The zero-order chi connectivity index (χ0) is 12.2. The Morgan fingerprint density at radius 1 is 1.56 bits per heavy atom. The first kappa shape index (κ1) is 12.7. The minimum Gasteiger partial charge on any atom is -0.481 e. The van der Waals surface area contributed by atoms with Crippen LogP contribution in [0.1, 0.15) is 39.0 Å². The largest absolute Gasteiger partial charge is 0.481 e. The van der Waals surface area contributed by atoms with Crippen LogP contribution < -0.4 is 5.32 Å². The van der Waals surface area contributed by atoms with Gasteiger partial charge in [0.2, 0.25) is 5.91 Å². The van der Waals surface area contributed by atoms with Crippen LogP contribution in [0.2, 0.25) is 0 Å². The van der Waals surface area contributed by atoms with E-state index in [-0.39, 0.29) is 18.4 Å². The summed E-state index contributed by atoms with van der Waals surface area (Å²) in [6.07, 6.45) is 5.02. The van der Waals surface area contributed by atoms with Gasteiger partial charge in [-0.05, 0) is 19.8 Å². The van der Waals surface area contributed by atoms with Crippen molar-refractivity contribution < 1.29 is 14.7 Å². The molecule has 1 fully saturated rings. The molecule has 2 unspecified atom stereocenters. The second-order valence-corrected chi connectivity index (χ2v) is 4.58. The van der Waals surface area contributed by atoms with Crippen LogP contribution in [0.25, 0.3) is 0 Å². The van der Waals surface area contributed by atoms with Gasteiger partial charge in [0, 0.05) is 12.5 Å². The summed E-state index contributed by atoms with van der Waals surface area (Å²) in [5, 5.41) is 12.0. The lowest BCUT2D eigenvalue weighted by Gasteiger charge is -2.38. The summed E-state index contributed by atoms with van der Waals surface area (Å²) in [7, 11) is 0. The molecule has 1 amide bonds. The van der Waals surface area contributed by atoms with Gasteiger partial charge in [-0.25, -0.2) is 0 Å². The molecule has 0 aromatic heterocycles. The first-order chi connectivity index (χ1) is 7.50. The molecule has 0 aromatic carbocycles. The van der Waals surface area contributed by atoms with Crippen molar-refractivity contribution in [3.8, 4) is 0 Å². The van der Waals surface area contributed by atoms with Crippen molar-refractivity contribution in [1.29, 1.82) is 0 Å². The van der Waals surface area contributed by atoms with Crippen molar-refractivity contribution >= 4 is 11.9 Å². The maximum absolute atomic E-state index is 11.4. The number of carboxylic acid groups (broad SMARTS) is 1. The molecule has 0 bridgehead atoms. The zero-order valence-electron chi connectivity index (χ0n) is 9.66. The van der Waals surface area contributed by atoms with E-state index in [4.69, 9.17) is 0 Å². The monoisotopic (exact) mass is 225 g/mol. The molecule has 90 valence electrons. The highest BCUT2D eigenvalue weighted by atomic mass is 16.4. The third kappa shape index (κ3) is 2.62. The molecular weight excluding hydrogens is 206 g/mol. The standard InChI is InChI=1S/C12H19NO3/c1-3-6-10(14)13-9-7-4-5-8-12(9,2)11(15)16/h3,9H,1,4-8H2,2H3,(H,13,14)(H,15,16). The summed E-state index contributed by atoms with van der Waals surface area (Å²) in [5.41, 5.74) is -0.824. The van der Waals surface area contributed by atoms with Crippen molar-refractivity contribution in [1.82, 2.24) is 5.32 Å². The van der Waals surface area contributed by atoms with Crippen molar-refractivity contribution in [3.63, 3.8) is 0 Å². The van der Waals surface area contributed by atoms with Crippen LogP contribution in [0.3, 0.4) is 0 Å². The number of rotatable bonds is 4. The first-order valence-corrected chi connectivity index (χ1v) is 5.64. The zero-order valence-corrected chi connectivity index (χ0v) is 9.66. The van der Waals surface area contributed by atoms with Gasteiger partial charge in [-0.15, -0.1) is 6.58 Å². The average molecular weight is 225 g/mol. The summed E-state index contributed by atoms with van der Waals surface area (Å²) in [6, 6.07) is -0.258. The number of hydrogen-bond donors (Lipinski definition) is 2. The minimum absolute atomic E-state index is 0.144. The summed E-state index contributed by atoms with van der Waals surface area (Å²) in [4.78, 5) is 22.7. The Bertz CT molecular complexity index is 301. The number of carbonyl (C=O) groups excluding carboxylic acids is 1. The van der Waals surface area contributed by atoms with Crippen LogP contribution in [0, 0.1) is 5.41 Å². The van der Waals surface area contributed by atoms with Gasteiger partial charge in [0.15, 0.2) is 0 Å². The molecule has 1 saturated carbocycles. The van der Waals surface area contributed by atoms with E-state index in [0.717, 1.165) is 19.3 Å². The maximum atomic E-state index is 11.4. The Morgan fingerprint density at radius 2 is 2.25 bits per heavy atom. The molecule has 1 rings (SSSR count). The van der Waals surface area contributed by atoms with E-state index in [2.05, 4.69) is 11.9 Å². The van der Waals surface area contributed by atoms with E-state index in [1.54, 1.807) is 6.92 Å². The van der Waals surface area contributed by atoms with E-state index in [0.29, 0.717) is 6.42 Å². The van der Waals surface area contributed by atoms with Gasteiger partial charge < -0.3 is 10.4 Å². The van der Waals surface area contributed by atoms with Gasteiger partial charge in [-0.3, -0.25) is 9.59 Å². The number of nitrogens with one attached hydrogen (secondary N) is 1. The summed E-state index contributed by atoms with van der Waals surface area (Å²) >= 11 is 0. The highest BCUT2D eigenvalue weighted by Gasteiger charge is 2.43. The third-order valence-corrected chi connectivity index (χ3v) is 3.36. The fraction of sp³-hybridized carbons (Fsp3) is 0.667. The van der Waals surface area contributed by atoms with Gasteiger partial charge in [0.25, 0.3) is 0 Å². The number of amides is 1. The topological polar surface area (TPSA) is 66.4 Å². The van der Waals surface area contributed by atoms with E-state index in [1.165, 1.54) is 6.08 Å². The van der Waals surface area contributed by atoms with Crippen molar-refractivity contribution in [3.05, 3.63) is 12.7 Å². The first-order valence-electron chi connectivity index (χ1n) is 5.64. The molecule has 0 saturated heterocycles. The predicted molar refractivity (Wildman–Crippen MR) is 61.0 cm³/mol. The molecule has 0 radical (unpaired) electrons. The van der Waals surface area contributed by atoms with Gasteiger partial charge in [-0.1, -0.05) is 18.9 Å². The quantitative estimate of drug-likeness (QED) is 0.716. The predicted octanol–water partition coefficient (Wildman–Crippen LogP) is 1.71. The molecular formula is C12H19NO3. The van der Waals surface area contributed by atoms with E-state index < -0.39 is 11.4 Å². The Balaban J connectivity index is 2.71. The Hall–Kier alpha value is -1.32. The fourth-order valence-electron chi connectivity index (χ4n) is 2.21. The lowest BCUT2D eigenvalue weighted by molar-refractivity contribution is -0.152. The van der Waals surface area contributed by atoms with Crippen LogP contribution in [0.15, 0.2) is 12.7 Å². The molecule has 0 heterocycles. The van der Waals surface area contributed by atoms with Crippen molar-refractivity contribution in [2.24, 2.45) is 5.41 Å². The molecule has 16 heavy (non-hydrogen) atoms. The van der Waals surface area contributed by atoms with Crippen molar-refractivity contribution in [2.45, 2.75) is 45.1 Å². The van der Waals surface area contributed by atoms with Crippen LogP contribution >= 0.6 is 0 Å². The van der Waals surface area contributed by atoms with Crippen LogP contribution in [-0.4, -0.2) is 23.0 Å². The van der Waals surface area contributed by atoms with Crippen LogP contribution in [0.4, 0.5) is 0 Å². The number of carbonyl (C=O) groups is 2. The van der Waals surface area contributed by atoms with E-state index in [1.807, 2.05) is 0 Å². The van der Waals surface area contributed by atoms with Gasteiger partial charge in [-0.2, -0.15) is 0 Å². The molecule has 0 spiro atoms. The normalized spacial score (nSPS) is 29.4. The Morgan fingerprint density at radius 3 is 2.81 bits per heavy atom. The average Bonchev–Trinajstić information content (AvgIpc) is 2.21. The Labute approximate surface area is 95.7 Å². The van der Waals surface area contributed by atoms with Gasteiger partial charge in [0.1, 0.15) is 0 Å². The summed E-state index contributed by atoms with van der Waals surface area (Å²) in [5.74, 6) is -0.967. The highest BCUT2D eigenvalue weighted by Crippen LogP contribution is 2.36. The Kier molecular flexibility index (Phi) is 4.10. The molecule has 0 aromatic rings. The van der Waals surface area contributed by atoms with Gasteiger partial charge in [0.05, 0.1) is 5.41 Å². The number of aliphatic carboxylic acids is 1. The fourth-order valence-corrected chi connectivity index (χ4v) is 2.21. The van der Waals surface area contributed by atoms with Crippen molar-refractivity contribution in [2.75, 3.05) is 0 Å². The third-order valence-electron chi connectivity index (χ3n) is 3.36. The summed E-state index contributed by atoms with van der Waals surface area (Å²) < 4.78 is 0. The van der Waals surface area contributed by atoms with Crippen LogP contribution in [0.5, 0.6) is 0 Å².